The number of hydrogen-bond acceptors (Lipinski definition) is 3. The first-order valence-electron chi connectivity index (χ1n) is 6.01. The van der Waals surface area contributed by atoms with Crippen molar-refractivity contribution in [2.45, 2.75) is 19.4 Å². The molecule has 4 heteroatoms. The molecule has 17 heavy (non-hydrogen) atoms. The quantitative estimate of drug-likeness (QED) is 0.715. The summed E-state index contributed by atoms with van der Waals surface area (Å²) < 4.78 is 18.4. The fourth-order valence-electron chi connectivity index (χ4n) is 1.60. The molecule has 0 atom stereocenters. The van der Waals surface area contributed by atoms with Crippen LogP contribution in [0.25, 0.3) is 0 Å². The van der Waals surface area contributed by atoms with E-state index in [1.165, 1.54) is 31.0 Å². The Labute approximate surface area is 101 Å². The summed E-state index contributed by atoms with van der Waals surface area (Å²) in [5, 5.41) is 12.6. The second kappa shape index (κ2) is 5.98. The number of phenolic OH excluding ortho intramolecular Hbond substituents is 1. The lowest BCUT2D eigenvalue weighted by Gasteiger charge is -2.07. The van der Waals surface area contributed by atoms with Crippen LogP contribution in [0.3, 0.4) is 0 Å². The van der Waals surface area contributed by atoms with Gasteiger partial charge in [-0.1, -0.05) is 0 Å². The zero-order valence-corrected chi connectivity index (χ0v) is 9.79. The molecule has 1 saturated carbocycles. The maximum atomic E-state index is 12.9. The van der Waals surface area contributed by atoms with Crippen LogP contribution < -0.4 is 5.32 Å². The van der Waals surface area contributed by atoms with Gasteiger partial charge in [-0.15, -0.1) is 0 Å². The van der Waals surface area contributed by atoms with Crippen LogP contribution in [-0.4, -0.2) is 24.9 Å². The van der Waals surface area contributed by atoms with Gasteiger partial charge >= 0.3 is 0 Å². The van der Waals surface area contributed by atoms with Crippen LogP contribution in [-0.2, 0) is 11.3 Å². The van der Waals surface area contributed by atoms with Crippen LogP contribution in [0.15, 0.2) is 18.2 Å². The smallest absolute Gasteiger partial charge is 0.123 e. The Morgan fingerprint density at radius 3 is 3.00 bits per heavy atom. The molecule has 1 aliphatic rings. The van der Waals surface area contributed by atoms with E-state index in [9.17, 15) is 9.50 Å². The molecular weight excluding hydrogens is 221 g/mol. The van der Waals surface area contributed by atoms with Crippen molar-refractivity contribution in [3.8, 4) is 5.75 Å². The van der Waals surface area contributed by atoms with Crippen molar-refractivity contribution in [1.82, 2.24) is 5.32 Å². The van der Waals surface area contributed by atoms with Crippen LogP contribution in [0.5, 0.6) is 5.75 Å². The molecule has 2 N–H and O–H groups in total. The van der Waals surface area contributed by atoms with Crippen LogP contribution in [0.1, 0.15) is 18.4 Å². The van der Waals surface area contributed by atoms with Crippen LogP contribution in [0.2, 0.25) is 0 Å². The molecule has 0 heterocycles. The lowest BCUT2D eigenvalue weighted by Crippen LogP contribution is -2.19. The lowest BCUT2D eigenvalue weighted by atomic mass is 10.2. The molecule has 3 nitrogen and oxygen atoms in total. The summed E-state index contributed by atoms with van der Waals surface area (Å²) in [4.78, 5) is 0. The van der Waals surface area contributed by atoms with Crippen molar-refractivity contribution in [1.29, 1.82) is 0 Å². The van der Waals surface area contributed by atoms with Crippen LogP contribution >= 0.6 is 0 Å². The van der Waals surface area contributed by atoms with E-state index < -0.39 is 0 Å². The predicted octanol–water partition coefficient (Wildman–Crippen LogP) is 2.05. The minimum Gasteiger partial charge on any atom is -0.508 e. The highest BCUT2D eigenvalue weighted by Gasteiger charge is 2.20. The number of phenols is 1. The number of benzene rings is 1. The van der Waals surface area contributed by atoms with Gasteiger partial charge in [0.05, 0.1) is 6.61 Å². The summed E-state index contributed by atoms with van der Waals surface area (Å²) in [6, 6.07) is 3.96. The lowest BCUT2D eigenvalue weighted by molar-refractivity contribution is 0.126. The van der Waals surface area contributed by atoms with E-state index in [4.69, 9.17) is 4.74 Å². The highest BCUT2D eigenvalue weighted by atomic mass is 19.1. The fourth-order valence-corrected chi connectivity index (χ4v) is 1.60. The third-order valence-corrected chi connectivity index (χ3v) is 2.83. The van der Waals surface area contributed by atoms with E-state index >= 15 is 0 Å². The summed E-state index contributed by atoms with van der Waals surface area (Å²) in [6.45, 7) is 2.68. The van der Waals surface area contributed by atoms with Gasteiger partial charge in [0, 0.05) is 25.3 Å². The maximum Gasteiger partial charge on any atom is 0.123 e. The highest BCUT2D eigenvalue weighted by Crippen LogP contribution is 2.28. The van der Waals surface area contributed by atoms with Gasteiger partial charge in [0.2, 0.25) is 0 Å². The largest absolute Gasteiger partial charge is 0.508 e. The molecule has 0 amide bonds. The summed E-state index contributed by atoms with van der Waals surface area (Å²) in [7, 11) is 0. The number of halogens is 1. The molecule has 0 aliphatic heterocycles. The number of aromatic hydroxyl groups is 1. The standard InChI is InChI=1S/C13H18FNO2/c14-12-3-4-13(16)11(7-12)8-15-5-6-17-9-10-1-2-10/h3-4,7,10,15-16H,1-2,5-6,8-9H2. The SMILES string of the molecule is Oc1ccc(F)cc1CNCCOCC1CC1. The van der Waals surface area contributed by atoms with Gasteiger partial charge < -0.3 is 15.2 Å². The number of ether oxygens (including phenoxy) is 1. The topological polar surface area (TPSA) is 41.5 Å². The molecule has 2 rings (SSSR count). The van der Waals surface area contributed by atoms with Crippen LogP contribution in [0, 0.1) is 11.7 Å². The first kappa shape index (κ1) is 12.3. The molecule has 1 aromatic rings. The van der Waals surface area contributed by atoms with Crippen molar-refractivity contribution in [3.05, 3.63) is 29.6 Å². The molecule has 94 valence electrons. The molecule has 0 radical (unpaired) electrons. The Morgan fingerprint density at radius 2 is 2.24 bits per heavy atom. The minimum atomic E-state index is -0.329. The van der Waals surface area contributed by atoms with Gasteiger partial charge in [-0.25, -0.2) is 4.39 Å². The fraction of sp³-hybridized carbons (Fsp3) is 0.538. The van der Waals surface area contributed by atoms with Crippen LogP contribution in [0.4, 0.5) is 4.39 Å². The molecule has 0 saturated heterocycles. The minimum absolute atomic E-state index is 0.123. The molecule has 1 fully saturated rings. The molecule has 0 aromatic heterocycles. The van der Waals surface area contributed by atoms with Crippen molar-refractivity contribution in [2.75, 3.05) is 19.8 Å². The Bertz CT molecular complexity index is 366. The van der Waals surface area contributed by atoms with E-state index in [1.54, 1.807) is 0 Å². The molecule has 1 aromatic carbocycles. The van der Waals surface area contributed by atoms with Crippen molar-refractivity contribution in [2.24, 2.45) is 5.92 Å². The molecule has 1 aliphatic carbocycles. The van der Waals surface area contributed by atoms with Gasteiger partial charge in [0.15, 0.2) is 0 Å². The third-order valence-electron chi connectivity index (χ3n) is 2.83. The van der Waals surface area contributed by atoms with Gasteiger partial charge in [0.25, 0.3) is 0 Å². The zero-order chi connectivity index (χ0) is 12.1. The van der Waals surface area contributed by atoms with Gasteiger partial charge in [-0.2, -0.15) is 0 Å². The Balaban J connectivity index is 1.61. The van der Waals surface area contributed by atoms with Crippen molar-refractivity contribution in [3.63, 3.8) is 0 Å². The maximum absolute atomic E-state index is 12.9. The molecule has 0 spiro atoms. The molecule has 0 bridgehead atoms. The second-order valence-electron chi connectivity index (χ2n) is 4.47. The third kappa shape index (κ3) is 4.32. The highest BCUT2D eigenvalue weighted by molar-refractivity contribution is 5.32. The number of nitrogens with one attached hydrogen (secondary N) is 1. The predicted molar refractivity (Wildman–Crippen MR) is 63.3 cm³/mol. The number of hydrogen-bond donors (Lipinski definition) is 2. The molecule has 0 unspecified atom stereocenters. The van der Waals surface area contributed by atoms with Crippen molar-refractivity contribution < 1.29 is 14.2 Å². The summed E-state index contributed by atoms with van der Waals surface area (Å²) in [6.07, 6.45) is 2.59. The van der Waals surface area contributed by atoms with Crippen molar-refractivity contribution >= 4 is 0 Å². The monoisotopic (exact) mass is 239 g/mol. The summed E-state index contributed by atoms with van der Waals surface area (Å²) >= 11 is 0. The first-order chi connectivity index (χ1) is 8.25. The van der Waals surface area contributed by atoms with Gasteiger partial charge in [-0.3, -0.25) is 0 Å². The second-order valence-corrected chi connectivity index (χ2v) is 4.47. The van der Waals surface area contributed by atoms with E-state index in [-0.39, 0.29) is 11.6 Å². The average Bonchev–Trinajstić information content (AvgIpc) is 3.11. The Kier molecular flexibility index (Phi) is 4.34. The summed E-state index contributed by atoms with van der Waals surface area (Å²) in [5.41, 5.74) is 0.576. The molecular formula is C13H18FNO2. The average molecular weight is 239 g/mol. The normalized spacial score (nSPS) is 15.1. The number of rotatable bonds is 7. The first-order valence-corrected chi connectivity index (χ1v) is 6.01. The van der Waals surface area contributed by atoms with Gasteiger partial charge in [-0.05, 0) is 37.0 Å². The van der Waals surface area contributed by atoms with E-state index in [0.29, 0.717) is 25.3 Å². The summed E-state index contributed by atoms with van der Waals surface area (Å²) in [5.74, 6) is 0.574. The van der Waals surface area contributed by atoms with E-state index in [2.05, 4.69) is 5.32 Å². The zero-order valence-electron chi connectivity index (χ0n) is 9.79. The van der Waals surface area contributed by atoms with Gasteiger partial charge in [0.1, 0.15) is 11.6 Å². The van der Waals surface area contributed by atoms with E-state index in [0.717, 1.165) is 12.5 Å². The Hall–Kier alpha value is -1.13. The van der Waals surface area contributed by atoms with E-state index in [1.807, 2.05) is 0 Å². The Morgan fingerprint density at radius 1 is 1.41 bits per heavy atom.